The molecule has 0 bridgehead atoms. The largest absolute Gasteiger partial charge is 0.309 e. The Hall–Kier alpha value is -7.86. The fourth-order valence-electron chi connectivity index (χ4n) is 9.62. The summed E-state index contributed by atoms with van der Waals surface area (Å²) in [6.45, 7) is 0. The zero-order valence-electron chi connectivity index (χ0n) is 32.8. The van der Waals surface area contributed by atoms with Crippen LogP contribution in [0.5, 0.6) is 0 Å². The van der Waals surface area contributed by atoms with Crippen LogP contribution in [-0.4, -0.2) is 19.1 Å². The SMILES string of the molecule is c1ccc(-c2cc3nc(-n4c5ccc6ccccc6c5c5cccc(-c6ccc7c(c6)c6ccc8ccccc8c6n7-c6ccccc6)c54)nc(-c4ccccc4)c3s2)cc1. The van der Waals surface area contributed by atoms with Gasteiger partial charge in [-0.1, -0.05) is 170 Å². The third-order valence-electron chi connectivity index (χ3n) is 12.3. The first-order valence-corrected chi connectivity index (χ1v) is 21.5. The van der Waals surface area contributed by atoms with Gasteiger partial charge in [-0.05, 0) is 63.7 Å². The Balaban J connectivity index is 1.13. The summed E-state index contributed by atoms with van der Waals surface area (Å²) in [5.74, 6) is 0.653. The van der Waals surface area contributed by atoms with Gasteiger partial charge < -0.3 is 4.57 Å². The second kappa shape index (κ2) is 13.3. The van der Waals surface area contributed by atoms with E-state index >= 15 is 0 Å². The molecule has 4 nitrogen and oxygen atoms in total. The van der Waals surface area contributed by atoms with E-state index in [1.807, 2.05) is 0 Å². The second-order valence-corrected chi connectivity index (χ2v) is 16.8. The molecule has 0 saturated carbocycles. The minimum Gasteiger partial charge on any atom is -0.309 e. The number of aromatic nitrogens is 4. The van der Waals surface area contributed by atoms with Crippen LogP contribution in [0.4, 0.5) is 0 Å². The van der Waals surface area contributed by atoms with E-state index in [-0.39, 0.29) is 0 Å². The lowest BCUT2D eigenvalue weighted by molar-refractivity contribution is 1.02. The Morgan fingerprint density at radius 3 is 1.85 bits per heavy atom. The predicted octanol–water partition coefficient (Wildman–Crippen LogP) is 15.2. The first-order valence-electron chi connectivity index (χ1n) is 20.7. The lowest BCUT2D eigenvalue weighted by Gasteiger charge is -2.13. The van der Waals surface area contributed by atoms with Gasteiger partial charge in [0, 0.05) is 48.6 Å². The topological polar surface area (TPSA) is 35.6 Å². The van der Waals surface area contributed by atoms with Gasteiger partial charge in [-0.25, -0.2) is 9.97 Å². The minimum atomic E-state index is 0.653. The lowest BCUT2D eigenvalue weighted by Crippen LogP contribution is -2.03. The van der Waals surface area contributed by atoms with Gasteiger partial charge in [-0.3, -0.25) is 4.57 Å². The van der Waals surface area contributed by atoms with Crippen LogP contribution < -0.4 is 0 Å². The molecule has 0 aliphatic heterocycles. The first kappa shape index (κ1) is 34.0. The van der Waals surface area contributed by atoms with Crippen molar-refractivity contribution >= 4 is 86.7 Å². The standard InChI is InChI=1S/C56H34N4S/c1-4-17-37(18-5-1)50-34-47-55(61-50)52(38-19-6-2-7-20-38)58-56(57-47)60-49-32-28-35-15-10-12-23-41(35)51(49)45-26-14-25-43(54(45)60)39-29-31-48-46(33-39)44-30-27-36-16-11-13-24-42(36)53(44)59(48)40-21-8-3-9-22-40/h1-34H. The number of rotatable bonds is 5. The Bertz CT molecular complexity index is 3860. The first-order chi connectivity index (χ1) is 30.3. The van der Waals surface area contributed by atoms with E-state index in [0.29, 0.717) is 5.95 Å². The van der Waals surface area contributed by atoms with Gasteiger partial charge >= 0.3 is 0 Å². The van der Waals surface area contributed by atoms with Crippen molar-refractivity contribution in [2.75, 3.05) is 0 Å². The summed E-state index contributed by atoms with van der Waals surface area (Å²) in [6.07, 6.45) is 0. The molecule has 0 atom stereocenters. The number of benzene rings is 9. The lowest BCUT2D eigenvalue weighted by atomic mass is 9.98. The number of thiophene rings is 1. The van der Waals surface area contributed by atoms with E-state index < -0.39 is 0 Å². The van der Waals surface area contributed by atoms with Gasteiger partial charge in [0.1, 0.15) is 0 Å². The number of fused-ring (bicyclic) bond motifs is 11. The highest BCUT2D eigenvalue weighted by molar-refractivity contribution is 7.22. The van der Waals surface area contributed by atoms with Gasteiger partial charge in [-0.2, -0.15) is 0 Å². The molecular formula is C56H34N4S. The van der Waals surface area contributed by atoms with Gasteiger partial charge in [0.05, 0.1) is 38.0 Å². The molecule has 0 amide bonds. The summed E-state index contributed by atoms with van der Waals surface area (Å²) in [5.41, 5.74) is 12.1. The Labute approximate surface area is 354 Å². The second-order valence-electron chi connectivity index (χ2n) is 15.7. The van der Waals surface area contributed by atoms with E-state index in [4.69, 9.17) is 9.97 Å². The van der Waals surface area contributed by atoms with Gasteiger partial charge in [0.15, 0.2) is 0 Å². The summed E-state index contributed by atoms with van der Waals surface area (Å²) >= 11 is 1.75. The number of hydrogen-bond acceptors (Lipinski definition) is 3. The highest BCUT2D eigenvalue weighted by Crippen LogP contribution is 2.45. The molecule has 0 aliphatic carbocycles. The summed E-state index contributed by atoms with van der Waals surface area (Å²) in [6, 6.07) is 74.3. The smallest absolute Gasteiger partial charge is 0.235 e. The molecule has 0 aliphatic rings. The normalized spacial score (nSPS) is 11.9. The molecule has 0 fully saturated rings. The molecule has 5 heteroatoms. The fraction of sp³-hybridized carbons (Fsp3) is 0. The molecule has 0 unspecified atom stereocenters. The highest BCUT2D eigenvalue weighted by Gasteiger charge is 2.24. The molecule has 4 heterocycles. The maximum atomic E-state index is 5.55. The van der Waals surface area contributed by atoms with Crippen LogP contribution in [0.15, 0.2) is 206 Å². The Kier molecular flexibility index (Phi) is 7.44. The maximum Gasteiger partial charge on any atom is 0.235 e. The van der Waals surface area contributed by atoms with Gasteiger partial charge in [0.2, 0.25) is 5.95 Å². The molecule has 9 aromatic carbocycles. The zero-order valence-corrected chi connectivity index (χ0v) is 33.6. The molecule has 0 radical (unpaired) electrons. The molecule has 13 rings (SSSR count). The Morgan fingerprint density at radius 2 is 1.05 bits per heavy atom. The van der Waals surface area contributed by atoms with Crippen molar-refractivity contribution in [3.05, 3.63) is 206 Å². The van der Waals surface area contributed by atoms with Crippen molar-refractivity contribution in [3.8, 4) is 44.5 Å². The van der Waals surface area contributed by atoms with Crippen LogP contribution in [0.3, 0.4) is 0 Å². The number of hydrogen-bond donors (Lipinski definition) is 0. The predicted molar refractivity (Wildman–Crippen MR) is 257 cm³/mol. The molecule has 0 spiro atoms. The maximum absolute atomic E-state index is 5.55. The van der Waals surface area contributed by atoms with E-state index in [1.54, 1.807) is 11.3 Å². The molecule has 13 aromatic rings. The van der Waals surface area contributed by atoms with E-state index in [0.717, 1.165) is 49.3 Å². The molecule has 61 heavy (non-hydrogen) atoms. The van der Waals surface area contributed by atoms with E-state index in [9.17, 15) is 0 Å². The third kappa shape index (κ3) is 5.18. The van der Waals surface area contributed by atoms with Crippen LogP contribution in [0.1, 0.15) is 0 Å². The molecular weight excluding hydrogens is 761 g/mol. The molecule has 4 aromatic heterocycles. The van der Waals surface area contributed by atoms with Gasteiger partial charge in [0.25, 0.3) is 0 Å². The van der Waals surface area contributed by atoms with Crippen molar-refractivity contribution in [2.45, 2.75) is 0 Å². The quantitative estimate of drug-likeness (QED) is 0.174. The van der Waals surface area contributed by atoms with Crippen molar-refractivity contribution in [2.24, 2.45) is 0 Å². The zero-order chi connectivity index (χ0) is 40.0. The monoisotopic (exact) mass is 794 g/mol. The highest BCUT2D eigenvalue weighted by atomic mass is 32.1. The average molecular weight is 795 g/mol. The third-order valence-corrected chi connectivity index (χ3v) is 13.5. The van der Waals surface area contributed by atoms with E-state index in [1.165, 1.54) is 64.6 Å². The van der Waals surface area contributed by atoms with Crippen LogP contribution in [0.2, 0.25) is 0 Å². The molecule has 0 saturated heterocycles. The van der Waals surface area contributed by atoms with Crippen LogP contribution in [0.25, 0.3) is 120 Å². The van der Waals surface area contributed by atoms with Crippen molar-refractivity contribution in [1.29, 1.82) is 0 Å². The molecule has 284 valence electrons. The summed E-state index contributed by atoms with van der Waals surface area (Å²) < 4.78 is 5.83. The van der Waals surface area contributed by atoms with E-state index in [2.05, 4.69) is 215 Å². The summed E-state index contributed by atoms with van der Waals surface area (Å²) in [5, 5.41) is 9.68. The Morgan fingerprint density at radius 1 is 0.393 bits per heavy atom. The van der Waals surface area contributed by atoms with Gasteiger partial charge in [-0.15, -0.1) is 11.3 Å². The fourth-order valence-corrected chi connectivity index (χ4v) is 10.7. The van der Waals surface area contributed by atoms with Crippen molar-refractivity contribution in [1.82, 2.24) is 19.1 Å². The van der Waals surface area contributed by atoms with Crippen LogP contribution >= 0.6 is 11.3 Å². The molecule has 0 N–H and O–H groups in total. The number of nitrogens with zero attached hydrogens (tertiary/aromatic N) is 4. The van der Waals surface area contributed by atoms with Crippen LogP contribution in [0, 0.1) is 0 Å². The van der Waals surface area contributed by atoms with Crippen LogP contribution in [-0.2, 0) is 0 Å². The average Bonchev–Trinajstić information content (AvgIpc) is 4.02. The van der Waals surface area contributed by atoms with Crippen molar-refractivity contribution < 1.29 is 0 Å². The minimum absolute atomic E-state index is 0.653. The number of para-hydroxylation sites is 2. The summed E-state index contributed by atoms with van der Waals surface area (Å²) in [7, 11) is 0. The summed E-state index contributed by atoms with van der Waals surface area (Å²) in [4.78, 5) is 12.2. The van der Waals surface area contributed by atoms with Crippen molar-refractivity contribution in [3.63, 3.8) is 0 Å².